The molecule has 0 saturated heterocycles. The molecule has 0 bridgehead atoms. The second-order valence-corrected chi connectivity index (χ2v) is 9.14. The Morgan fingerprint density at radius 2 is 1.70 bits per heavy atom. The van der Waals surface area contributed by atoms with Crippen LogP contribution in [-0.2, 0) is 11.2 Å². The summed E-state index contributed by atoms with van der Waals surface area (Å²) in [4.78, 5) is 13.0. The summed E-state index contributed by atoms with van der Waals surface area (Å²) in [6.45, 7) is 4.32. The molecular formula is C25H29BrFNO4S. The predicted octanol–water partition coefficient (Wildman–Crippen LogP) is 5.99. The van der Waals surface area contributed by atoms with Crippen LogP contribution in [0.1, 0.15) is 36.6 Å². The van der Waals surface area contributed by atoms with Crippen LogP contribution >= 0.6 is 28.3 Å². The molecule has 0 aliphatic carbocycles. The Labute approximate surface area is 207 Å². The summed E-state index contributed by atoms with van der Waals surface area (Å²) >= 11 is 1.70. The number of aliphatic hydroxyl groups excluding tert-OH is 1. The maximum Gasteiger partial charge on any atom is 0.306 e. The summed E-state index contributed by atoms with van der Waals surface area (Å²) in [5, 5.41) is 29.9. The van der Waals surface area contributed by atoms with Crippen molar-refractivity contribution in [2.24, 2.45) is 0 Å². The molecule has 178 valence electrons. The van der Waals surface area contributed by atoms with E-state index >= 15 is 0 Å². The lowest BCUT2D eigenvalue weighted by Crippen LogP contribution is -2.32. The van der Waals surface area contributed by atoms with E-state index in [0.717, 1.165) is 32.2 Å². The van der Waals surface area contributed by atoms with Crippen LogP contribution in [0, 0.1) is 5.82 Å². The Bertz CT molecular complexity index is 1040. The number of hydroxylamine groups is 2. The molecule has 0 saturated carbocycles. The molecule has 3 aromatic rings. The highest BCUT2D eigenvalue weighted by Crippen LogP contribution is 2.46. The number of nitrogens with zero attached hydrogens (tertiary/aromatic N) is 1. The van der Waals surface area contributed by atoms with Crippen LogP contribution in [0.25, 0.3) is 21.6 Å². The van der Waals surface area contributed by atoms with E-state index in [0.29, 0.717) is 6.42 Å². The molecule has 0 aliphatic heterocycles. The Morgan fingerprint density at radius 1 is 1.06 bits per heavy atom. The molecule has 1 aromatic heterocycles. The van der Waals surface area contributed by atoms with Crippen molar-refractivity contribution >= 4 is 34.3 Å². The Balaban J connectivity index is 0.00000385. The van der Waals surface area contributed by atoms with Gasteiger partial charge in [-0.3, -0.25) is 4.79 Å². The number of thiophene rings is 1. The lowest BCUT2D eigenvalue weighted by molar-refractivity contribution is -0.143. The van der Waals surface area contributed by atoms with Crippen molar-refractivity contribution in [2.75, 3.05) is 13.1 Å². The van der Waals surface area contributed by atoms with Crippen LogP contribution in [0.15, 0.2) is 54.6 Å². The Hall–Kier alpha value is -2.10. The lowest BCUT2D eigenvalue weighted by Gasteiger charge is -2.19. The molecule has 1 heterocycles. The zero-order valence-electron chi connectivity index (χ0n) is 18.6. The Morgan fingerprint density at radius 3 is 2.27 bits per heavy atom. The van der Waals surface area contributed by atoms with Gasteiger partial charge in [-0.15, -0.1) is 28.3 Å². The molecule has 1 unspecified atom stereocenters. The fourth-order valence-electron chi connectivity index (χ4n) is 3.75. The highest BCUT2D eigenvalue weighted by atomic mass is 79.9. The molecular weight excluding hydrogens is 509 g/mol. The first-order valence-corrected chi connectivity index (χ1v) is 11.4. The number of halogens is 2. The predicted molar refractivity (Wildman–Crippen MR) is 135 cm³/mol. The van der Waals surface area contributed by atoms with Gasteiger partial charge in [0.05, 0.1) is 19.1 Å². The van der Waals surface area contributed by atoms with Crippen LogP contribution in [0.3, 0.4) is 0 Å². The van der Waals surface area contributed by atoms with Crippen LogP contribution in [-0.4, -0.2) is 45.6 Å². The van der Waals surface area contributed by atoms with E-state index in [1.807, 2.05) is 30.3 Å². The van der Waals surface area contributed by atoms with Gasteiger partial charge < -0.3 is 15.4 Å². The molecule has 0 aliphatic rings. The SMILES string of the molecule is Br.CC(C)c1sc(-c2ccccc2)c(-c2ccc(F)cc2)c1CCN(O)CC(O)CC(=O)O. The second kappa shape index (κ2) is 12.4. The number of rotatable bonds is 10. The quantitative estimate of drug-likeness (QED) is 0.276. The minimum Gasteiger partial charge on any atom is -0.481 e. The largest absolute Gasteiger partial charge is 0.481 e. The first-order valence-electron chi connectivity index (χ1n) is 10.6. The molecule has 0 amide bonds. The number of carbonyl (C=O) groups is 1. The number of carboxylic acids is 1. The fourth-order valence-corrected chi connectivity index (χ4v) is 5.13. The maximum absolute atomic E-state index is 13.6. The number of carboxylic acid groups (broad SMARTS) is 1. The molecule has 1 atom stereocenters. The van der Waals surface area contributed by atoms with E-state index in [4.69, 9.17) is 5.11 Å². The average Bonchev–Trinajstić information content (AvgIpc) is 3.12. The van der Waals surface area contributed by atoms with Crippen molar-refractivity contribution in [3.8, 4) is 21.6 Å². The summed E-state index contributed by atoms with van der Waals surface area (Å²) in [5.74, 6) is -1.17. The summed E-state index contributed by atoms with van der Waals surface area (Å²) < 4.78 is 13.6. The second-order valence-electron chi connectivity index (χ2n) is 8.09. The number of aliphatic hydroxyl groups is 1. The van der Waals surface area contributed by atoms with Crippen LogP contribution < -0.4 is 0 Å². The number of hydrogen-bond donors (Lipinski definition) is 3. The minimum absolute atomic E-state index is 0. The summed E-state index contributed by atoms with van der Waals surface area (Å²) in [6, 6.07) is 16.5. The molecule has 0 spiro atoms. The van der Waals surface area contributed by atoms with E-state index in [2.05, 4.69) is 13.8 Å². The molecule has 3 N–H and O–H groups in total. The first-order chi connectivity index (χ1) is 15.3. The van der Waals surface area contributed by atoms with Gasteiger partial charge >= 0.3 is 5.97 Å². The van der Waals surface area contributed by atoms with Crippen LogP contribution in [0.5, 0.6) is 0 Å². The maximum atomic E-state index is 13.6. The average molecular weight is 538 g/mol. The van der Waals surface area contributed by atoms with E-state index in [1.165, 1.54) is 17.0 Å². The number of benzene rings is 2. The van der Waals surface area contributed by atoms with Gasteiger partial charge in [-0.05, 0) is 41.2 Å². The van der Waals surface area contributed by atoms with Gasteiger partial charge in [0.25, 0.3) is 0 Å². The fraction of sp³-hybridized carbons (Fsp3) is 0.320. The van der Waals surface area contributed by atoms with Crippen molar-refractivity contribution in [3.63, 3.8) is 0 Å². The smallest absolute Gasteiger partial charge is 0.306 e. The monoisotopic (exact) mass is 537 g/mol. The molecule has 8 heteroatoms. The Kier molecular flexibility index (Phi) is 10.2. The van der Waals surface area contributed by atoms with E-state index in [9.17, 15) is 19.5 Å². The van der Waals surface area contributed by atoms with E-state index in [-0.39, 0.29) is 41.8 Å². The van der Waals surface area contributed by atoms with Gasteiger partial charge in [0, 0.05) is 21.9 Å². The van der Waals surface area contributed by atoms with Crippen molar-refractivity contribution < 1.29 is 24.6 Å². The number of aliphatic carboxylic acids is 1. The summed E-state index contributed by atoms with van der Waals surface area (Å²) in [6.07, 6.45) is -1.08. The standard InChI is InChI=1S/C25H28FNO4S.BrH/c1-16(2)24-21(12-13-27(31)15-20(28)14-22(29)30)23(17-8-10-19(26)11-9-17)25(32-24)18-6-4-3-5-7-18;/h3-11,16,20,28,31H,12-15H2,1-2H3,(H,29,30);1H. The minimum atomic E-state index is -1.15. The normalized spacial score (nSPS) is 12.1. The number of hydrogen-bond acceptors (Lipinski definition) is 5. The molecule has 0 fully saturated rings. The zero-order chi connectivity index (χ0) is 23.3. The van der Waals surface area contributed by atoms with Gasteiger partial charge in [0.15, 0.2) is 0 Å². The van der Waals surface area contributed by atoms with E-state index in [1.54, 1.807) is 23.5 Å². The highest BCUT2D eigenvalue weighted by molar-refractivity contribution is 8.93. The molecule has 5 nitrogen and oxygen atoms in total. The summed E-state index contributed by atoms with van der Waals surface area (Å²) in [5.41, 5.74) is 4.06. The summed E-state index contributed by atoms with van der Waals surface area (Å²) in [7, 11) is 0. The van der Waals surface area contributed by atoms with Gasteiger partial charge in [0.2, 0.25) is 0 Å². The highest BCUT2D eigenvalue weighted by Gasteiger charge is 2.23. The van der Waals surface area contributed by atoms with Gasteiger partial charge in [-0.2, -0.15) is 5.06 Å². The first kappa shape index (κ1) is 27.1. The third-order valence-electron chi connectivity index (χ3n) is 5.18. The van der Waals surface area contributed by atoms with Crippen LogP contribution in [0.4, 0.5) is 4.39 Å². The van der Waals surface area contributed by atoms with Crippen molar-refractivity contribution in [3.05, 3.63) is 70.9 Å². The van der Waals surface area contributed by atoms with Gasteiger partial charge in [-0.1, -0.05) is 56.3 Å². The third-order valence-corrected chi connectivity index (χ3v) is 6.76. The van der Waals surface area contributed by atoms with Crippen molar-refractivity contribution in [1.29, 1.82) is 0 Å². The van der Waals surface area contributed by atoms with Crippen LogP contribution in [0.2, 0.25) is 0 Å². The van der Waals surface area contributed by atoms with E-state index < -0.39 is 18.5 Å². The molecule has 2 aromatic carbocycles. The van der Waals surface area contributed by atoms with Crippen molar-refractivity contribution in [2.45, 2.75) is 38.7 Å². The molecule has 33 heavy (non-hydrogen) atoms. The lowest BCUT2D eigenvalue weighted by atomic mass is 9.93. The molecule has 3 rings (SSSR count). The van der Waals surface area contributed by atoms with Gasteiger partial charge in [0.1, 0.15) is 5.82 Å². The van der Waals surface area contributed by atoms with Gasteiger partial charge in [-0.25, -0.2) is 4.39 Å². The molecule has 0 radical (unpaired) electrons. The topological polar surface area (TPSA) is 81.0 Å². The third kappa shape index (κ3) is 7.19. The zero-order valence-corrected chi connectivity index (χ0v) is 21.1. The van der Waals surface area contributed by atoms with Crippen molar-refractivity contribution in [1.82, 2.24) is 5.06 Å².